The van der Waals surface area contributed by atoms with Gasteiger partial charge in [-0.25, -0.2) is 0 Å². The predicted molar refractivity (Wildman–Crippen MR) is 88.6 cm³/mol. The first-order valence-electron chi connectivity index (χ1n) is 7.38. The summed E-state index contributed by atoms with van der Waals surface area (Å²) in [4.78, 5) is 4.55. The summed E-state index contributed by atoms with van der Waals surface area (Å²) >= 11 is 0. The predicted octanol–water partition coefficient (Wildman–Crippen LogP) is 3.45. The van der Waals surface area contributed by atoms with Gasteiger partial charge in [-0.3, -0.25) is 4.99 Å². The van der Waals surface area contributed by atoms with Crippen LogP contribution in [0.15, 0.2) is 59.6 Å². The lowest BCUT2D eigenvalue weighted by Crippen LogP contribution is -2.25. The number of anilines is 1. The number of para-hydroxylation sites is 1. The fourth-order valence-corrected chi connectivity index (χ4v) is 2.78. The van der Waals surface area contributed by atoms with E-state index in [2.05, 4.69) is 41.5 Å². The molecule has 1 fully saturated rings. The number of aryl methyl sites for hydroxylation is 1. The number of benzene rings is 2. The van der Waals surface area contributed by atoms with Gasteiger partial charge in [0.25, 0.3) is 0 Å². The van der Waals surface area contributed by atoms with Gasteiger partial charge < -0.3 is 11.1 Å². The monoisotopic (exact) mass is 279 g/mol. The fraction of sp³-hybridized carbons (Fsp3) is 0.278. The van der Waals surface area contributed by atoms with Crippen LogP contribution in [0.4, 0.5) is 5.69 Å². The van der Waals surface area contributed by atoms with E-state index in [1.165, 1.54) is 24.0 Å². The zero-order valence-corrected chi connectivity index (χ0v) is 12.3. The van der Waals surface area contributed by atoms with Crippen molar-refractivity contribution in [3.63, 3.8) is 0 Å². The zero-order chi connectivity index (χ0) is 14.7. The van der Waals surface area contributed by atoms with E-state index in [-0.39, 0.29) is 5.41 Å². The molecule has 0 aliphatic heterocycles. The summed E-state index contributed by atoms with van der Waals surface area (Å²) in [7, 11) is 0. The van der Waals surface area contributed by atoms with E-state index in [1.807, 2.05) is 30.3 Å². The third-order valence-corrected chi connectivity index (χ3v) is 4.17. The van der Waals surface area contributed by atoms with Crippen molar-refractivity contribution in [2.75, 3.05) is 11.9 Å². The van der Waals surface area contributed by atoms with Crippen molar-refractivity contribution in [1.82, 2.24) is 0 Å². The minimum absolute atomic E-state index is 0.203. The Bertz CT molecular complexity index is 643. The number of hydrogen-bond donors (Lipinski definition) is 2. The molecule has 3 rings (SSSR count). The topological polar surface area (TPSA) is 50.4 Å². The van der Waals surface area contributed by atoms with Crippen LogP contribution in [0.25, 0.3) is 0 Å². The zero-order valence-electron chi connectivity index (χ0n) is 12.3. The van der Waals surface area contributed by atoms with Crippen molar-refractivity contribution < 1.29 is 0 Å². The molecule has 21 heavy (non-hydrogen) atoms. The smallest absolute Gasteiger partial charge is 0.193 e. The van der Waals surface area contributed by atoms with Gasteiger partial charge in [-0.15, -0.1) is 0 Å². The minimum Gasteiger partial charge on any atom is -0.370 e. The molecule has 3 N–H and O–H groups in total. The molecule has 2 aromatic carbocycles. The summed E-state index contributed by atoms with van der Waals surface area (Å²) in [6, 6.07) is 18.5. The lowest BCUT2D eigenvalue weighted by molar-refractivity contribution is 0.700. The molecule has 0 heterocycles. The van der Waals surface area contributed by atoms with Gasteiger partial charge >= 0.3 is 0 Å². The van der Waals surface area contributed by atoms with Gasteiger partial charge in [0.15, 0.2) is 5.96 Å². The molecule has 0 amide bonds. The molecule has 0 atom stereocenters. The molecular formula is C18H21N3. The van der Waals surface area contributed by atoms with E-state index in [0.717, 1.165) is 12.2 Å². The van der Waals surface area contributed by atoms with E-state index < -0.39 is 0 Å². The Morgan fingerprint density at radius 1 is 1.10 bits per heavy atom. The molecule has 108 valence electrons. The lowest BCUT2D eigenvalue weighted by atomic mass is 9.92. The van der Waals surface area contributed by atoms with Crippen LogP contribution < -0.4 is 11.1 Å². The van der Waals surface area contributed by atoms with Gasteiger partial charge in [-0.1, -0.05) is 42.5 Å². The van der Waals surface area contributed by atoms with Gasteiger partial charge in [0, 0.05) is 11.1 Å². The van der Waals surface area contributed by atoms with Crippen molar-refractivity contribution in [2.45, 2.75) is 25.2 Å². The minimum atomic E-state index is 0.203. The molecule has 0 saturated heterocycles. The second kappa shape index (κ2) is 5.60. The molecule has 2 aromatic rings. The number of rotatable bonds is 4. The molecule has 0 spiro atoms. The lowest BCUT2D eigenvalue weighted by Gasteiger charge is -2.16. The van der Waals surface area contributed by atoms with Crippen LogP contribution in [0.2, 0.25) is 0 Å². The maximum atomic E-state index is 6.00. The molecule has 3 nitrogen and oxygen atoms in total. The summed E-state index contributed by atoms with van der Waals surface area (Å²) in [5.74, 6) is 0.487. The van der Waals surface area contributed by atoms with E-state index in [0.29, 0.717) is 5.96 Å². The van der Waals surface area contributed by atoms with E-state index >= 15 is 0 Å². The van der Waals surface area contributed by atoms with Crippen LogP contribution in [0, 0.1) is 6.92 Å². The Kier molecular flexibility index (Phi) is 3.65. The number of guanidine groups is 1. The SMILES string of the molecule is Cc1ccccc1C1(CN=C(N)Nc2ccccc2)CC1. The van der Waals surface area contributed by atoms with Crippen molar-refractivity contribution in [2.24, 2.45) is 10.7 Å². The molecule has 3 heteroatoms. The number of hydrogen-bond acceptors (Lipinski definition) is 1. The molecule has 0 radical (unpaired) electrons. The largest absolute Gasteiger partial charge is 0.370 e. The number of nitrogens with zero attached hydrogens (tertiary/aromatic N) is 1. The van der Waals surface area contributed by atoms with Gasteiger partial charge in [0.05, 0.1) is 6.54 Å². The Morgan fingerprint density at radius 3 is 2.43 bits per heavy atom. The first-order chi connectivity index (χ1) is 10.2. The maximum Gasteiger partial charge on any atom is 0.193 e. The number of nitrogens with two attached hydrogens (primary N) is 1. The first-order valence-corrected chi connectivity index (χ1v) is 7.38. The standard InChI is InChI=1S/C18H21N3/c1-14-7-5-6-10-16(14)18(11-12-18)13-20-17(19)21-15-8-3-2-4-9-15/h2-10H,11-13H2,1H3,(H3,19,20,21). The van der Waals surface area contributed by atoms with Gasteiger partial charge in [-0.2, -0.15) is 0 Å². The Balaban J connectivity index is 1.69. The average molecular weight is 279 g/mol. The Hall–Kier alpha value is -2.29. The normalized spacial score (nSPS) is 16.5. The van der Waals surface area contributed by atoms with Crippen LogP contribution in [-0.4, -0.2) is 12.5 Å². The van der Waals surface area contributed by atoms with Crippen molar-refractivity contribution in [3.05, 3.63) is 65.7 Å². The second-order valence-corrected chi connectivity index (χ2v) is 5.79. The maximum absolute atomic E-state index is 6.00. The van der Waals surface area contributed by atoms with Gasteiger partial charge in [0.2, 0.25) is 0 Å². The summed E-state index contributed by atoms with van der Waals surface area (Å²) in [5.41, 5.74) is 9.94. The summed E-state index contributed by atoms with van der Waals surface area (Å²) in [6.07, 6.45) is 2.39. The molecule has 0 bridgehead atoms. The van der Waals surface area contributed by atoms with Gasteiger partial charge in [-0.05, 0) is 43.0 Å². The van der Waals surface area contributed by atoms with Crippen LogP contribution in [0.3, 0.4) is 0 Å². The number of nitrogens with one attached hydrogen (secondary N) is 1. The van der Waals surface area contributed by atoms with Crippen LogP contribution >= 0.6 is 0 Å². The molecule has 0 aromatic heterocycles. The number of aliphatic imine (C=N–C) groups is 1. The molecule has 1 saturated carbocycles. The van der Waals surface area contributed by atoms with Crippen LogP contribution in [0.5, 0.6) is 0 Å². The molecular weight excluding hydrogens is 258 g/mol. The highest BCUT2D eigenvalue weighted by atomic mass is 15.1. The van der Waals surface area contributed by atoms with E-state index in [1.54, 1.807) is 0 Å². The van der Waals surface area contributed by atoms with Crippen molar-refractivity contribution >= 4 is 11.6 Å². The molecule has 1 aliphatic rings. The molecule has 1 aliphatic carbocycles. The first kappa shape index (κ1) is 13.7. The third kappa shape index (κ3) is 3.07. The van der Waals surface area contributed by atoms with Gasteiger partial charge in [0.1, 0.15) is 0 Å². The summed E-state index contributed by atoms with van der Waals surface area (Å²) in [5, 5.41) is 3.14. The van der Waals surface area contributed by atoms with E-state index in [4.69, 9.17) is 5.73 Å². The second-order valence-electron chi connectivity index (χ2n) is 5.79. The van der Waals surface area contributed by atoms with E-state index in [9.17, 15) is 0 Å². The Morgan fingerprint density at radius 2 is 1.76 bits per heavy atom. The average Bonchev–Trinajstić information content (AvgIpc) is 3.28. The van der Waals surface area contributed by atoms with Crippen LogP contribution in [-0.2, 0) is 5.41 Å². The van der Waals surface area contributed by atoms with Crippen LogP contribution in [0.1, 0.15) is 24.0 Å². The quantitative estimate of drug-likeness (QED) is 0.665. The highest BCUT2D eigenvalue weighted by Crippen LogP contribution is 2.49. The van der Waals surface area contributed by atoms with Crippen molar-refractivity contribution in [3.8, 4) is 0 Å². The third-order valence-electron chi connectivity index (χ3n) is 4.17. The fourth-order valence-electron chi connectivity index (χ4n) is 2.78. The highest BCUT2D eigenvalue weighted by Gasteiger charge is 2.44. The molecule has 0 unspecified atom stereocenters. The highest BCUT2D eigenvalue weighted by molar-refractivity contribution is 5.92. The summed E-state index contributed by atoms with van der Waals surface area (Å²) < 4.78 is 0. The van der Waals surface area contributed by atoms with Crippen molar-refractivity contribution in [1.29, 1.82) is 0 Å². The Labute approximate surface area is 125 Å². The summed E-state index contributed by atoms with van der Waals surface area (Å²) in [6.45, 7) is 2.92.